The second-order valence-corrected chi connectivity index (χ2v) is 12.6. The number of hydrogen-bond acceptors (Lipinski definition) is 0. The van der Waals surface area contributed by atoms with Crippen molar-refractivity contribution in [3.05, 3.63) is 182 Å². The van der Waals surface area contributed by atoms with E-state index in [1.165, 1.54) is 82.3 Å². The molecule has 48 heavy (non-hydrogen) atoms. The van der Waals surface area contributed by atoms with Crippen LogP contribution in [0.25, 0.3) is 88.0 Å². The van der Waals surface area contributed by atoms with Gasteiger partial charge in [0, 0.05) is 38.3 Å². The molecule has 10 aromatic rings. The minimum absolute atomic E-state index is 1.15. The van der Waals surface area contributed by atoms with Gasteiger partial charge >= 0.3 is 0 Å². The Kier molecular flexibility index (Phi) is 5.91. The van der Waals surface area contributed by atoms with Crippen LogP contribution in [0.5, 0.6) is 0 Å². The second kappa shape index (κ2) is 10.6. The van der Waals surface area contributed by atoms with E-state index in [-0.39, 0.29) is 0 Å². The van der Waals surface area contributed by atoms with Gasteiger partial charge in [0.2, 0.25) is 0 Å². The highest BCUT2D eigenvalue weighted by Crippen LogP contribution is 2.42. The number of para-hydroxylation sites is 3. The van der Waals surface area contributed by atoms with E-state index in [0.717, 1.165) is 5.69 Å². The van der Waals surface area contributed by atoms with Crippen molar-refractivity contribution >= 4 is 54.4 Å². The number of rotatable bonds is 4. The summed E-state index contributed by atoms with van der Waals surface area (Å²) in [5.74, 6) is 0. The fourth-order valence-corrected chi connectivity index (χ4v) is 7.71. The summed E-state index contributed by atoms with van der Waals surface area (Å²) >= 11 is 0. The lowest BCUT2D eigenvalue weighted by atomic mass is 9.97. The van der Waals surface area contributed by atoms with Gasteiger partial charge in [0.25, 0.3) is 0 Å². The van der Waals surface area contributed by atoms with Crippen LogP contribution in [0.1, 0.15) is 0 Å². The van der Waals surface area contributed by atoms with Crippen molar-refractivity contribution in [1.29, 1.82) is 0 Å². The van der Waals surface area contributed by atoms with E-state index < -0.39 is 0 Å². The SMILES string of the molecule is c1ccc(-c2cc(-c3ccccc3)cc(-n3c4ccccc4c4ccc5cc6c7ccccc7n(-c7ccccc7)c6cc5c43)c2)cc1. The molecule has 0 fully saturated rings. The highest BCUT2D eigenvalue weighted by Gasteiger charge is 2.19. The van der Waals surface area contributed by atoms with Crippen LogP contribution in [-0.4, -0.2) is 9.13 Å². The van der Waals surface area contributed by atoms with Crippen LogP contribution >= 0.6 is 0 Å². The molecule has 0 aliphatic heterocycles. The van der Waals surface area contributed by atoms with Crippen LogP contribution < -0.4 is 0 Å². The standard InChI is InChI=1S/C46H30N2/c1-4-14-31(15-5-1)34-26-35(32-16-6-2-7-17-32)28-37(27-34)48-44-23-13-10-20-38(44)40-25-24-33-29-42-39-21-11-12-22-43(39)47(36-18-8-3-9-19-36)45(42)30-41(33)46(40)48/h1-30H. The number of benzene rings is 8. The van der Waals surface area contributed by atoms with Gasteiger partial charge in [0.05, 0.1) is 22.1 Å². The van der Waals surface area contributed by atoms with Crippen molar-refractivity contribution < 1.29 is 0 Å². The van der Waals surface area contributed by atoms with Gasteiger partial charge in [-0.15, -0.1) is 0 Å². The van der Waals surface area contributed by atoms with E-state index in [1.54, 1.807) is 0 Å². The largest absolute Gasteiger partial charge is 0.309 e. The van der Waals surface area contributed by atoms with Crippen LogP contribution in [-0.2, 0) is 0 Å². The first-order chi connectivity index (χ1) is 23.8. The molecule has 0 atom stereocenters. The van der Waals surface area contributed by atoms with Crippen molar-refractivity contribution in [3.63, 3.8) is 0 Å². The fraction of sp³-hybridized carbons (Fsp3) is 0. The molecular weight excluding hydrogens is 581 g/mol. The highest BCUT2D eigenvalue weighted by atomic mass is 15.0. The Morgan fingerprint density at radius 3 is 1.46 bits per heavy atom. The summed E-state index contributed by atoms with van der Waals surface area (Å²) in [4.78, 5) is 0. The van der Waals surface area contributed by atoms with Gasteiger partial charge in [-0.05, 0) is 82.2 Å². The molecule has 8 aromatic carbocycles. The third-order valence-electron chi connectivity index (χ3n) is 9.85. The maximum Gasteiger partial charge on any atom is 0.0620 e. The first-order valence-corrected chi connectivity index (χ1v) is 16.5. The second-order valence-electron chi connectivity index (χ2n) is 12.6. The molecule has 10 rings (SSSR count). The average Bonchev–Trinajstić information content (AvgIpc) is 3.67. The molecule has 2 aromatic heterocycles. The lowest BCUT2D eigenvalue weighted by Crippen LogP contribution is -1.97. The zero-order chi connectivity index (χ0) is 31.6. The zero-order valence-corrected chi connectivity index (χ0v) is 26.2. The average molecular weight is 611 g/mol. The van der Waals surface area contributed by atoms with E-state index in [2.05, 4.69) is 191 Å². The highest BCUT2D eigenvalue weighted by molar-refractivity contribution is 6.22. The summed E-state index contributed by atoms with van der Waals surface area (Å²) in [7, 11) is 0. The Hall–Kier alpha value is -6.38. The number of nitrogens with zero attached hydrogens (tertiary/aromatic N) is 2. The van der Waals surface area contributed by atoms with Crippen LogP contribution in [0.2, 0.25) is 0 Å². The van der Waals surface area contributed by atoms with E-state index in [1.807, 2.05) is 0 Å². The van der Waals surface area contributed by atoms with E-state index in [4.69, 9.17) is 0 Å². The minimum Gasteiger partial charge on any atom is -0.309 e. The lowest BCUT2D eigenvalue weighted by molar-refractivity contribution is 1.18. The monoisotopic (exact) mass is 610 g/mol. The predicted octanol–water partition coefficient (Wildman–Crippen LogP) is 12.4. The molecule has 2 heterocycles. The molecule has 0 spiro atoms. The molecule has 0 aliphatic rings. The summed E-state index contributed by atoms with van der Waals surface area (Å²) in [6, 6.07) is 66.3. The molecule has 0 unspecified atom stereocenters. The Morgan fingerprint density at radius 1 is 0.271 bits per heavy atom. The third kappa shape index (κ3) is 4.06. The summed E-state index contributed by atoms with van der Waals surface area (Å²) in [5, 5.41) is 7.51. The molecule has 0 bridgehead atoms. The Labute approximate surface area is 278 Å². The van der Waals surface area contributed by atoms with E-state index >= 15 is 0 Å². The van der Waals surface area contributed by atoms with Crippen LogP contribution in [0.3, 0.4) is 0 Å². The van der Waals surface area contributed by atoms with Crippen molar-refractivity contribution in [1.82, 2.24) is 9.13 Å². The minimum atomic E-state index is 1.15. The van der Waals surface area contributed by atoms with E-state index in [0.29, 0.717) is 0 Å². The smallest absolute Gasteiger partial charge is 0.0620 e. The van der Waals surface area contributed by atoms with Crippen LogP contribution in [0.15, 0.2) is 182 Å². The molecule has 2 nitrogen and oxygen atoms in total. The topological polar surface area (TPSA) is 9.86 Å². The summed E-state index contributed by atoms with van der Waals surface area (Å²) in [6.45, 7) is 0. The van der Waals surface area contributed by atoms with Crippen LogP contribution in [0.4, 0.5) is 0 Å². The molecule has 0 radical (unpaired) electrons. The Balaban J connectivity index is 1.35. The summed E-state index contributed by atoms with van der Waals surface area (Å²) in [5.41, 5.74) is 12.0. The van der Waals surface area contributed by atoms with Gasteiger partial charge < -0.3 is 9.13 Å². The summed E-state index contributed by atoms with van der Waals surface area (Å²) < 4.78 is 4.91. The quantitative estimate of drug-likeness (QED) is 0.188. The maximum absolute atomic E-state index is 2.49. The molecule has 0 saturated carbocycles. The van der Waals surface area contributed by atoms with Crippen molar-refractivity contribution in [3.8, 4) is 33.6 Å². The van der Waals surface area contributed by atoms with Crippen LogP contribution in [0, 0.1) is 0 Å². The van der Waals surface area contributed by atoms with Gasteiger partial charge in [0.1, 0.15) is 0 Å². The number of aromatic nitrogens is 2. The first-order valence-electron chi connectivity index (χ1n) is 16.5. The molecule has 0 aliphatic carbocycles. The fourth-order valence-electron chi connectivity index (χ4n) is 7.71. The zero-order valence-electron chi connectivity index (χ0n) is 26.2. The molecule has 0 N–H and O–H groups in total. The third-order valence-corrected chi connectivity index (χ3v) is 9.85. The van der Waals surface area contributed by atoms with Crippen molar-refractivity contribution in [2.75, 3.05) is 0 Å². The normalized spacial score (nSPS) is 11.8. The van der Waals surface area contributed by atoms with Gasteiger partial charge in [-0.1, -0.05) is 127 Å². The first kappa shape index (κ1) is 26.8. The van der Waals surface area contributed by atoms with Crippen molar-refractivity contribution in [2.45, 2.75) is 0 Å². The van der Waals surface area contributed by atoms with Gasteiger partial charge in [-0.3, -0.25) is 0 Å². The van der Waals surface area contributed by atoms with Gasteiger partial charge in [-0.2, -0.15) is 0 Å². The maximum atomic E-state index is 2.49. The molecule has 0 saturated heterocycles. The molecule has 0 amide bonds. The van der Waals surface area contributed by atoms with E-state index in [9.17, 15) is 0 Å². The van der Waals surface area contributed by atoms with Crippen molar-refractivity contribution in [2.24, 2.45) is 0 Å². The molecule has 2 heteroatoms. The van der Waals surface area contributed by atoms with Gasteiger partial charge in [-0.25, -0.2) is 0 Å². The Morgan fingerprint density at radius 2 is 0.812 bits per heavy atom. The number of fused-ring (bicyclic) bond motifs is 8. The summed E-state index contributed by atoms with van der Waals surface area (Å²) in [6.07, 6.45) is 0. The van der Waals surface area contributed by atoms with Gasteiger partial charge in [0.15, 0.2) is 0 Å². The lowest BCUT2D eigenvalue weighted by Gasteiger charge is -2.15. The number of hydrogen-bond donors (Lipinski definition) is 0. The Bertz CT molecular complexity index is 2750. The molecular formula is C46H30N2. The molecule has 224 valence electrons. The predicted molar refractivity (Wildman–Crippen MR) is 203 cm³/mol.